The van der Waals surface area contributed by atoms with Gasteiger partial charge in [0.2, 0.25) is 5.56 Å². The number of ether oxygens (including phenoxy) is 1. The van der Waals surface area contributed by atoms with Crippen LogP contribution < -0.4 is 10.3 Å². The standard InChI is InChI=1S/C8H5F3N2O2/c9-8(10,11)15-6-1-2-7(14)13-5(6)3-4-12/h1-2H,3H2,(H,13,14). The maximum Gasteiger partial charge on any atom is 0.573 e. The summed E-state index contributed by atoms with van der Waals surface area (Å²) in [5, 5.41) is 8.32. The van der Waals surface area contributed by atoms with Gasteiger partial charge in [-0.1, -0.05) is 0 Å². The molecule has 0 radical (unpaired) electrons. The van der Waals surface area contributed by atoms with Gasteiger partial charge in [-0.25, -0.2) is 0 Å². The smallest absolute Gasteiger partial charge is 0.404 e. The number of aromatic amines is 1. The summed E-state index contributed by atoms with van der Waals surface area (Å²) in [6.07, 6.45) is -5.20. The lowest BCUT2D eigenvalue weighted by Gasteiger charge is -2.10. The Hall–Kier alpha value is -1.97. The number of alkyl halides is 3. The molecule has 0 spiro atoms. The Bertz CT molecular complexity index is 444. The predicted octanol–water partition coefficient (Wildman–Crippen LogP) is 1.34. The van der Waals surface area contributed by atoms with Gasteiger partial charge in [0, 0.05) is 6.07 Å². The van der Waals surface area contributed by atoms with Crippen LogP contribution in [0.15, 0.2) is 16.9 Å². The Morgan fingerprint density at radius 2 is 2.13 bits per heavy atom. The average molecular weight is 218 g/mol. The number of hydrogen-bond acceptors (Lipinski definition) is 3. The van der Waals surface area contributed by atoms with Crippen molar-refractivity contribution in [2.45, 2.75) is 12.8 Å². The largest absolute Gasteiger partial charge is 0.573 e. The molecule has 0 aliphatic carbocycles. The first-order chi connectivity index (χ1) is 6.92. The Morgan fingerprint density at radius 1 is 1.47 bits per heavy atom. The van der Waals surface area contributed by atoms with E-state index in [1.54, 1.807) is 6.07 Å². The highest BCUT2D eigenvalue weighted by Gasteiger charge is 2.32. The van der Waals surface area contributed by atoms with Crippen LogP contribution in [0.2, 0.25) is 0 Å². The van der Waals surface area contributed by atoms with Crippen LogP contribution in [0.1, 0.15) is 5.69 Å². The van der Waals surface area contributed by atoms with Crippen molar-refractivity contribution in [3.8, 4) is 11.8 Å². The third-order valence-electron chi connectivity index (χ3n) is 1.44. The highest BCUT2D eigenvalue weighted by molar-refractivity contribution is 5.29. The molecule has 7 heteroatoms. The van der Waals surface area contributed by atoms with Crippen molar-refractivity contribution in [3.63, 3.8) is 0 Å². The van der Waals surface area contributed by atoms with Gasteiger partial charge in [0.15, 0.2) is 0 Å². The van der Waals surface area contributed by atoms with Crippen LogP contribution in [-0.4, -0.2) is 11.3 Å². The third-order valence-corrected chi connectivity index (χ3v) is 1.44. The first kappa shape index (κ1) is 11.1. The molecule has 4 nitrogen and oxygen atoms in total. The summed E-state index contributed by atoms with van der Waals surface area (Å²) in [4.78, 5) is 12.9. The molecule has 1 aromatic rings. The van der Waals surface area contributed by atoms with E-state index in [0.717, 1.165) is 12.1 Å². The molecule has 80 valence electrons. The number of halogens is 3. The Balaban J connectivity index is 3.07. The van der Waals surface area contributed by atoms with Crippen LogP contribution in [0.5, 0.6) is 5.75 Å². The van der Waals surface area contributed by atoms with Crippen molar-refractivity contribution in [2.24, 2.45) is 0 Å². The minimum Gasteiger partial charge on any atom is -0.404 e. The van der Waals surface area contributed by atoms with E-state index in [0.29, 0.717) is 0 Å². The normalized spacial score (nSPS) is 10.8. The second-order valence-corrected chi connectivity index (χ2v) is 2.55. The van der Waals surface area contributed by atoms with Gasteiger partial charge in [-0.3, -0.25) is 4.79 Å². The molecule has 0 fully saturated rings. The number of aromatic nitrogens is 1. The summed E-state index contributed by atoms with van der Waals surface area (Å²) < 4.78 is 39.2. The van der Waals surface area contributed by atoms with E-state index >= 15 is 0 Å². The van der Waals surface area contributed by atoms with E-state index in [2.05, 4.69) is 9.72 Å². The molecule has 1 N–H and O–H groups in total. The monoisotopic (exact) mass is 218 g/mol. The summed E-state index contributed by atoms with van der Waals surface area (Å²) in [7, 11) is 0. The Morgan fingerprint density at radius 3 is 2.67 bits per heavy atom. The summed E-state index contributed by atoms with van der Waals surface area (Å²) in [6.45, 7) is 0. The second kappa shape index (κ2) is 4.04. The van der Waals surface area contributed by atoms with Crippen molar-refractivity contribution in [2.75, 3.05) is 0 Å². The van der Waals surface area contributed by atoms with Crippen LogP contribution in [0, 0.1) is 11.3 Å². The fraction of sp³-hybridized carbons (Fsp3) is 0.250. The van der Waals surface area contributed by atoms with Crippen LogP contribution in [0.3, 0.4) is 0 Å². The van der Waals surface area contributed by atoms with Crippen molar-refractivity contribution in [3.05, 3.63) is 28.2 Å². The molecular weight excluding hydrogens is 213 g/mol. The molecule has 1 aromatic heterocycles. The van der Waals surface area contributed by atoms with Crippen molar-refractivity contribution in [1.82, 2.24) is 4.98 Å². The molecule has 0 bridgehead atoms. The highest BCUT2D eigenvalue weighted by atomic mass is 19.4. The first-order valence-corrected chi connectivity index (χ1v) is 3.77. The second-order valence-electron chi connectivity index (χ2n) is 2.55. The number of nitrogens with one attached hydrogen (secondary N) is 1. The number of hydrogen-bond donors (Lipinski definition) is 1. The average Bonchev–Trinajstić information content (AvgIpc) is 2.08. The Kier molecular flexibility index (Phi) is 2.99. The molecule has 1 rings (SSSR count). The fourth-order valence-corrected chi connectivity index (χ4v) is 0.935. The number of nitrogens with zero attached hydrogens (tertiary/aromatic N) is 1. The molecular formula is C8H5F3N2O2. The number of pyridine rings is 1. The summed E-state index contributed by atoms with van der Waals surface area (Å²) in [5.41, 5.74) is -0.780. The summed E-state index contributed by atoms with van der Waals surface area (Å²) >= 11 is 0. The molecule has 0 amide bonds. The molecule has 0 aromatic carbocycles. The van der Waals surface area contributed by atoms with Crippen LogP contribution in [0.4, 0.5) is 13.2 Å². The Labute approximate surface area is 81.9 Å². The van der Waals surface area contributed by atoms with E-state index < -0.39 is 17.7 Å². The van der Waals surface area contributed by atoms with Gasteiger partial charge < -0.3 is 9.72 Å². The molecule has 0 saturated heterocycles. The van der Waals surface area contributed by atoms with Crippen molar-refractivity contribution in [1.29, 1.82) is 5.26 Å². The lowest BCUT2D eigenvalue weighted by atomic mass is 10.2. The van der Waals surface area contributed by atoms with E-state index in [1.807, 2.05) is 0 Å². The highest BCUT2D eigenvalue weighted by Crippen LogP contribution is 2.24. The molecule has 0 saturated carbocycles. The van der Waals surface area contributed by atoms with E-state index in [4.69, 9.17) is 5.26 Å². The zero-order valence-electron chi connectivity index (χ0n) is 7.26. The zero-order valence-corrected chi connectivity index (χ0v) is 7.26. The quantitative estimate of drug-likeness (QED) is 0.814. The van der Waals surface area contributed by atoms with Gasteiger partial charge >= 0.3 is 6.36 Å². The summed E-state index contributed by atoms with van der Waals surface area (Å²) in [5.74, 6) is -0.566. The van der Waals surface area contributed by atoms with E-state index in [-0.39, 0.29) is 12.1 Å². The van der Waals surface area contributed by atoms with Crippen LogP contribution >= 0.6 is 0 Å². The van der Waals surface area contributed by atoms with Gasteiger partial charge in [0.05, 0.1) is 18.2 Å². The minimum absolute atomic E-state index is 0.192. The maximum absolute atomic E-state index is 11.9. The molecule has 0 unspecified atom stereocenters. The lowest BCUT2D eigenvalue weighted by Crippen LogP contribution is -2.20. The van der Waals surface area contributed by atoms with Gasteiger partial charge in [0.25, 0.3) is 0 Å². The molecule has 15 heavy (non-hydrogen) atoms. The molecule has 0 aliphatic rings. The molecule has 0 atom stereocenters. The minimum atomic E-state index is -4.84. The number of H-pyrrole nitrogens is 1. The topological polar surface area (TPSA) is 65.9 Å². The zero-order chi connectivity index (χ0) is 11.5. The molecule has 1 heterocycles. The number of rotatable bonds is 2. The van der Waals surface area contributed by atoms with Crippen LogP contribution in [-0.2, 0) is 6.42 Å². The van der Waals surface area contributed by atoms with Gasteiger partial charge in [-0.2, -0.15) is 5.26 Å². The number of nitriles is 1. The maximum atomic E-state index is 11.9. The van der Waals surface area contributed by atoms with Gasteiger partial charge in [0.1, 0.15) is 5.75 Å². The third kappa shape index (κ3) is 3.34. The summed E-state index contributed by atoms with van der Waals surface area (Å²) in [6, 6.07) is 3.38. The SMILES string of the molecule is N#CCc1[nH]c(=O)ccc1OC(F)(F)F. The van der Waals surface area contributed by atoms with Crippen molar-refractivity contribution >= 4 is 0 Å². The van der Waals surface area contributed by atoms with E-state index in [1.165, 1.54) is 0 Å². The predicted molar refractivity (Wildman–Crippen MR) is 43.1 cm³/mol. The van der Waals surface area contributed by atoms with Crippen molar-refractivity contribution < 1.29 is 17.9 Å². The fourth-order valence-electron chi connectivity index (χ4n) is 0.935. The van der Waals surface area contributed by atoms with E-state index in [9.17, 15) is 18.0 Å². The first-order valence-electron chi connectivity index (χ1n) is 3.77. The van der Waals surface area contributed by atoms with Crippen LogP contribution in [0.25, 0.3) is 0 Å². The van der Waals surface area contributed by atoms with Gasteiger partial charge in [-0.05, 0) is 6.07 Å². The van der Waals surface area contributed by atoms with Gasteiger partial charge in [-0.15, -0.1) is 13.2 Å². The lowest BCUT2D eigenvalue weighted by molar-refractivity contribution is -0.275. The molecule has 0 aliphatic heterocycles.